The number of carbonyl (C=O) groups excluding carboxylic acids is 1. The van der Waals surface area contributed by atoms with Gasteiger partial charge in [0.05, 0.1) is 5.56 Å². The van der Waals surface area contributed by atoms with Crippen molar-refractivity contribution in [2.24, 2.45) is 5.92 Å². The molecule has 5 heteroatoms. The number of amides is 1. The number of anilines is 1. The van der Waals surface area contributed by atoms with Crippen LogP contribution in [-0.4, -0.2) is 29.0 Å². The molecule has 5 nitrogen and oxygen atoms in total. The molecule has 0 aliphatic rings. The highest BCUT2D eigenvalue weighted by atomic mass is 16.1. The molecule has 1 amide bonds. The predicted molar refractivity (Wildman–Crippen MR) is 97.0 cm³/mol. The van der Waals surface area contributed by atoms with Gasteiger partial charge in [-0.3, -0.25) is 4.79 Å². The zero-order valence-corrected chi connectivity index (χ0v) is 14.7. The Labute approximate surface area is 144 Å². The number of nitrogens with one attached hydrogen (secondary N) is 1. The molecule has 1 aromatic heterocycles. The van der Waals surface area contributed by atoms with Crippen LogP contribution in [0.4, 0.5) is 5.95 Å². The summed E-state index contributed by atoms with van der Waals surface area (Å²) in [5.41, 5.74) is 1.71. The van der Waals surface area contributed by atoms with Gasteiger partial charge in [-0.15, -0.1) is 0 Å². The van der Waals surface area contributed by atoms with Crippen molar-refractivity contribution in [1.29, 1.82) is 0 Å². The Morgan fingerprint density at radius 3 is 2.42 bits per heavy atom. The van der Waals surface area contributed by atoms with E-state index >= 15 is 0 Å². The number of carbonyl (C=O) groups is 1. The fourth-order valence-corrected chi connectivity index (χ4v) is 2.31. The minimum absolute atomic E-state index is 0.117. The third kappa shape index (κ3) is 5.33. The van der Waals surface area contributed by atoms with E-state index in [1.54, 1.807) is 12.4 Å². The molecule has 0 saturated heterocycles. The van der Waals surface area contributed by atoms with Crippen molar-refractivity contribution in [3.05, 3.63) is 53.9 Å². The van der Waals surface area contributed by atoms with Crippen LogP contribution in [0, 0.1) is 5.92 Å². The van der Waals surface area contributed by atoms with E-state index in [2.05, 4.69) is 53.1 Å². The van der Waals surface area contributed by atoms with Gasteiger partial charge < -0.3 is 10.2 Å². The zero-order chi connectivity index (χ0) is 17.4. The van der Waals surface area contributed by atoms with Gasteiger partial charge in [-0.05, 0) is 24.8 Å². The van der Waals surface area contributed by atoms with Crippen molar-refractivity contribution in [2.45, 2.75) is 33.7 Å². The number of hydrogen-bond acceptors (Lipinski definition) is 4. The van der Waals surface area contributed by atoms with Crippen molar-refractivity contribution >= 4 is 11.9 Å². The van der Waals surface area contributed by atoms with Crippen molar-refractivity contribution in [1.82, 2.24) is 15.3 Å². The highest BCUT2D eigenvalue weighted by molar-refractivity contribution is 5.93. The monoisotopic (exact) mass is 326 g/mol. The SMILES string of the molecule is CCN(Cc1ccccc1)c1ncc(C(=O)NCCC(C)C)cn1. The fourth-order valence-electron chi connectivity index (χ4n) is 2.31. The Kier molecular flexibility index (Phi) is 6.73. The maximum Gasteiger partial charge on any atom is 0.254 e. The first-order chi connectivity index (χ1) is 11.6. The van der Waals surface area contributed by atoms with Crippen LogP contribution >= 0.6 is 0 Å². The maximum atomic E-state index is 12.1. The number of aromatic nitrogens is 2. The normalized spacial score (nSPS) is 10.7. The molecule has 2 rings (SSSR count). The van der Waals surface area contributed by atoms with E-state index in [0.717, 1.165) is 19.5 Å². The smallest absolute Gasteiger partial charge is 0.254 e. The summed E-state index contributed by atoms with van der Waals surface area (Å²) in [4.78, 5) is 22.9. The summed E-state index contributed by atoms with van der Waals surface area (Å²) in [6.45, 7) is 8.56. The zero-order valence-electron chi connectivity index (χ0n) is 14.7. The van der Waals surface area contributed by atoms with Gasteiger partial charge >= 0.3 is 0 Å². The number of hydrogen-bond donors (Lipinski definition) is 1. The molecule has 0 unspecified atom stereocenters. The highest BCUT2D eigenvalue weighted by Crippen LogP contribution is 2.12. The van der Waals surface area contributed by atoms with Crippen LogP contribution < -0.4 is 10.2 Å². The molecule has 1 aromatic carbocycles. The largest absolute Gasteiger partial charge is 0.352 e. The quantitative estimate of drug-likeness (QED) is 0.809. The lowest BCUT2D eigenvalue weighted by atomic mass is 10.1. The summed E-state index contributed by atoms with van der Waals surface area (Å²) in [5, 5.41) is 2.90. The molecule has 128 valence electrons. The number of nitrogens with zero attached hydrogens (tertiary/aromatic N) is 3. The third-order valence-electron chi connectivity index (χ3n) is 3.79. The van der Waals surface area contributed by atoms with Gasteiger partial charge in [0.15, 0.2) is 0 Å². The Bertz CT molecular complexity index is 626. The van der Waals surface area contributed by atoms with Gasteiger partial charge in [-0.1, -0.05) is 44.2 Å². The summed E-state index contributed by atoms with van der Waals surface area (Å²) in [6.07, 6.45) is 4.16. The van der Waals surface area contributed by atoms with Crippen LogP contribution in [-0.2, 0) is 6.54 Å². The highest BCUT2D eigenvalue weighted by Gasteiger charge is 2.11. The van der Waals surface area contributed by atoms with E-state index in [-0.39, 0.29) is 5.91 Å². The summed E-state index contributed by atoms with van der Waals surface area (Å²) in [6, 6.07) is 10.2. The van der Waals surface area contributed by atoms with Crippen LogP contribution in [0.2, 0.25) is 0 Å². The fraction of sp³-hybridized carbons (Fsp3) is 0.421. The van der Waals surface area contributed by atoms with Crippen LogP contribution in [0.1, 0.15) is 43.1 Å². The Morgan fingerprint density at radius 2 is 1.83 bits per heavy atom. The first kappa shape index (κ1) is 17.9. The lowest BCUT2D eigenvalue weighted by molar-refractivity contribution is 0.0951. The van der Waals surface area contributed by atoms with Crippen molar-refractivity contribution in [2.75, 3.05) is 18.0 Å². The lowest BCUT2D eigenvalue weighted by Gasteiger charge is -2.20. The van der Waals surface area contributed by atoms with Gasteiger partial charge in [0.1, 0.15) is 0 Å². The first-order valence-corrected chi connectivity index (χ1v) is 8.49. The average Bonchev–Trinajstić information content (AvgIpc) is 2.60. The van der Waals surface area contributed by atoms with E-state index < -0.39 is 0 Å². The maximum absolute atomic E-state index is 12.1. The van der Waals surface area contributed by atoms with E-state index in [1.807, 2.05) is 18.2 Å². The van der Waals surface area contributed by atoms with Gasteiger partial charge in [-0.25, -0.2) is 9.97 Å². The van der Waals surface area contributed by atoms with Gasteiger partial charge in [0, 0.05) is 32.0 Å². The van der Waals surface area contributed by atoms with Crippen LogP contribution in [0.3, 0.4) is 0 Å². The molecule has 0 atom stereocenters. The van der Waals surface area contributed by atoms with Crippen LogP contribution in [0.15, 0.2) is 42.7 Å². The molecule has 0 aliphatic heterocycles. The van der Waals surface area contributed by atoms with Crippen molar-refractivity contribution in [3.8, 4) is 0 Å². The number of benzene rings is 1. The molecule has 1 N–H and O–H groups in total. The van der Waals surface area contributed by atoms with E-state index in [0.29, 0.717) is 24.0 Å². The van der Waals surface area contributed by atoms with E-state index in [9.17, 15) is 4.79 Å². The second-order valence-corrected chi connectivity index (χ2v) is 6.21. The van der Waals surface area contributed by atoms with E-state index in [1.165, 1.54) is 5.56 Å². The van der Waals surface area contributed by atoms with Crippen LogP contribution in [0.5, 0.6) is 0 Å². The summed E-state index contributed by atoms with van der Waals surface area (Å²) in [5.74, 6) is 1.09. The molecule has 0 aliphatic carbocycles. The van der Waals surface area contributed by atoms with Gasteiger partial charge in [0.25, 0.3) is 5.91 Å². The Balaban J connectivity index is 1.97. The van der Waals surface area contributed by atoms with Crippen LogP contribution in [0.25, 0.3) is 0 Å². The van der Waals surface area contributed by atoms with E-state index in [4.69, 9.17) is 0 Å². The first-order valence-electron chi connectivity index (χ1n) is 8.49. The minimum Gasteiger partial charge on any atom is -0.352 e. The second kappa shape index (κ2) is 9.01. The minimum atomic E-state index is -0.117. The molecule has 0 fully saturated rings. The molecule has 0 radical (unpaired) electrons. The van der Waals surface area contributed by atoms with Crippen molar-refractivity contribution < 1.29 is 4.79 Å². The lowest BCUT2D eigenvalue weighted by Crippen LogP contribution is -2.27. The molecule has 24 heavy (non-hydrogen) atoms. The summed E-state index contributed by atoms with van der Waals surface area (Å²) >= 11 is 0. The second-order valence-electron chi connectivity index (χ2n) is 6.21. The predicted octanol–water partition coefficient (Wildman–Crippen LogP) is 3.28. The Morgan fingerprint density at radius 1 is 1.17 bits per heavy atom. The van der Waals surface area contributed by atoms with Crippen molar-refractivity contribution in [3.63, 3.8) is 0 Å². The molecule has 0 spiro atoms. The molecular formula is C19H26N4O. The standard InChI is InChI=1S/C19H26N4O/c1-4-23(14-16-8-6-5-7-9-16)19-21-12-17(13-22-19)18(24)20-11-10-15(2)3/h5-9,12-13,15H,4,10-11,14H2,1-3H3,(H,20,24). The third-order valence-corrected chi connectivity index (χ3v) is 3.79. The molecular weight excluding hydrogens is 300 g/mol. The van der Waals surface area contributed by atoms with Gasteiger partial charge in [0.2, 0.25) is 5.95 Å². The summed E-state index contributed by atoms with van der Waals surface area (Å²) < 4.78 is 0. The average molecular weight is 326 g/mol. The molecule has 1 heterocycles. The number of rotatable bonds is 8. The molecule has 0 saturated carbocycles. The molecule has 2 aromatic rings. The molecule has 0 bridgehead atoms. The Hall–Kier alpha value is -2.43. The summed E-state index contributed by atoms with van der Waals surface area (Å²) in [7, 11) is 0. The van der Waals surface area contributed by atoms with Gasteiger partial charge in [-0.2, -0.15) is 0 Å². The topological polar surface area (TPSA) is 58.1 Å².